The van der Waals surface area contributed by atoms with Crippen LogP contribution in [0.25, 0.3) is 0 Å². The molecule has 1 atom stereocenters. The van der Waals surface area contributed by atoms with Crippen molar-refractivity contribution < 1.29 is 49.1 Å². The zero-order chi connectivity index (χ0) is 25.4. The Labute approximate surface area is 184 Å². The van der Waals surface area contributed by atoms with Gasteiger partial charge in [-0.25, -0.2) is 13.2 Å². The maximum absolute atomic E-state index is 14.0. The number of hydrogen-bond donors (Lipinski definition) is 1. The average Bonchev–Trinajstić information content (AvgIpc) is 3.14. The number of rotatable bonds is 5. The van der Waals surface area contributed by atoms with Crippen LogP contribution in [0.5, 0.6) is 0 Å². The SMILES string of the molecule is O=C(CC(Cc1cc(F)c(F)cc1F)NC(=O)C(F)(F)F)N1CCn2c(nnc2C(F)(F)F)C1. The van der Waals surface area contributed by atoms with Gasteiger partial charge in [-0.05, 0) is 18.1 Å². The Hall–Kier alpha value is -3.33. The molecule has 7 nitrogen and oxygen atoms in total. The number of fused-ring (bicyclic) bond motifs is 1. The third-order valence-electron chi connectivity index (χ3n) is 4.93. The van der Waals surface area contributed by atoms with E-state index in [0.29, 0.717) is 6.07 Å². The van der Waals surface area contributed by atoms with Gasteiger partial charge in [-0.2, -0.15) is 26.3 Å². The summed E-state index contributed by atoms with van der Waals surface area (Å²) in [7, 11) is 0. The number of alkyl halides is 6. The van der Waals surface area contributed by atoms with E-state index in [1.807, 2.05) is 0 Å². The average molecular weight is 503 g/mol. The van der Waals surface area contributed by atoms with E-state index in [1.54, 1.807) is 0 Å². The van der Waals surface area contributed by atoms with Crippen LogP contribution in [0.4, 0.5) is 39.5 Å². The van der Waals surface area contributed by atoms with Gasteiger partial charge in [-0.1, -0.05) is 0 Å². The molecule has 1 aromatic heterocycles. The summed E-state index contributed by atoms with van der Waals surface area (Å²) in [6.07, 6.45) is -11.8. The number of nitrogens with one attached hydrogen (secondary N) is 1. The summed E-state index contributed by atoms with van der Waals surface area (Å²) in [5.41, 5.74) is -0.604. The summed E-state index contributed by atoms with van der Waals surface area (Å²) in [6.45, 7) is -1.10. The molecule has 0 fully saturated rings. The Morgan fingerprint density at radius 2 is 1.62 bits per heavy atom. The highest BCUT2D eigenvalue weighted by Crippen LogP contribution is 2.29. The normalized spacial score (nSPS) is 15.1. The van der Waals surface area contributed by atoms with Gasteiger partial charge in [0, 0.05) is 31.6 Å². The first kappa shape index (κ1) is 25.3. The second-order valence-electron chi connectivity index (χ2n) is 7.34. The van der Waals surface area contributed by atoms with E-state index in [-0.39, 0.29) is 25.0 Å². The van der Waals surface area contributed by atoms with E-state index < -0.39 is 78.4 Å². The minimum atomic E-state index is -5.36. The van der Waals surface area contributed by atoms with Crippen LogP contribution in [0.15, 0.2) is 12.1 Å². The molecule has 1 aliphatic heterocycles. The molecule has 3 rings (SSSR count). The third-order valence-corrected chi connectivity index (χ3v) is 4.93. The van der Waals surface area contributed by atoms with Crippen molar-refractivity contribution in [2.75, 3.05) is 6.54 Å². The van der Waals surface area contributed by atoms with E-state index in [1.165, 1.54) is 5.32 Å². The summed E-state index contributed by atoms with van der Waals surface area (Å²) < 4.78 is 118. The van der Waals surface area contributed by atoms with Gasteiger partial charge in [0.15, 0.2) is 17.5 Å². The van der Waals surface area contributed by atoms with E-state index in [9.17, 15) is 49.1 Å². The van der Waals surface area contributed by atoms with Gasteiger partial charge in [0.2, 0.25) is 11.7 Å². The molecule has 2 aromatic rings. The smallest absolute Gasteiger partial charge is 0.345 e. The molecule has 1 unspecified atom stereocenters. The van der Waals surface area contributed by atoms with Crippen LogP contribution < -0.4 is 5.32 Å². The summed E-state index contributed by atoms with van der Waals surface area (Å²) >= 11 is 0. The molecule has 0 aliphatic carbocycles. The van der Waals surface area contributed by atoms with Gasteiger partial charge in [0.05, 0.1) is 6.54 Å². The Balaban J connectivity index is 1.78. The van der Waals surface area contributed by atoms with Crippen molar-refractivity contribution in [3.8, 4) is 0 Å². The minimum Gasteiger partial charge on any atom is -0.345 e. The van der Waals surface area contributed by atoms with Crippen molar-refractivity contribution in [1.29, 1.82) is 0 Å². The molecule has 2 amide bonds. The molecule has 1 N–H and O–H groups in total. The highest BCUT2D eigenvalue weighted by Gasteiger charge is 2.41. The predicted octanol–water partition coefficient (Wildman–Crippen LogP) is 2.74. The second-order valence-corrected chi connectivity index (χ2v) is 7.34. The van der Waals surface area contributed by atoms with Crippen LogP contribution in [0.2, 0.25) is 0 Å². The standard InChI is InChI=1S/C18H14F9N5O2/c19-10-6-12(21)11(20)4-8(10)3-9(28-16(34)18(25,26)27)5-14(33)31-1-2-32-13(7-31)29-30-15(32)17(22,23)24/h4,6,9H,1-3,5,7H2,(H,28,34). The monoisotopic (exact) mass is 503 g/mol. The van der Waals surface area contributed by atoms with Gasteiger partial charge < -0.3 is 14.8 Å². The summed E-state index contributed by atoms with van der Waals surface area (Å²) in [5.74, 6) is -9.24. The predicted molar refractivity (Wildman–Crippen MR) is 93.1 cm³/mol. The third kappa shape index (κ3) is 5.59. The van der Waals surface area contributed by atoms with Crippen molar-refractivity contribution in [2.45, 2.75) is 44.3 Å². The zero-order valence-electron chi connectivity index (χ0n) is 16.8. The van der Waals surface area contributed by atoms with Gasteiger partial charge in [0.1, 0.15) is 5.82 Å². The number of benzene rings is 1. The Morgan fingerprint density at radius 1 is 0.971 bits per heavy atom. The number of nitrogens with zero attached hydrogens (tertiary/aromatic N) is 4. The zero-order valence-corrected chi connectivity index (χ0v) is 16.8. The molecular formula is C18H14F9N5O2. The van der Waals surface area contributed by atoms with E-state index in [0.717, 1.165) is 9.47 Å². The van der Waals surface area contributed by atoms with Crippen molar-refractivity contribution in [3.05, 3.63) is 46.8 Å². The van der Waals surface area contributed by atoms with Crippen LogP contribution in [0, 0.1) is 17.5 Å². The first-order valence-electron chi connectivity index (χ1n) is 9.45. The Kier molecular flexibility index (Phi) is 6.80. The van der Waals surface area contributed by atoms with Crippen molar-refractivity contribution in [1.82, 2.24) is 25.0 Å². The van der Waals surface area contributed by atoms with Crippen LogP contribution in [0.1, 0.15) is 23.6 Å². The minimum absolute atomic E-state index is 0.158. The molecule has 1 aliphatic rings. The molecular weight excluding hydrogens is 489 g/mol. The maximum Gasteiger partial charge on any atom is 0.471 e. The quantitative estimate of drug-likeness (QED) is 0.503. The van der Waals surface area contributed by atoms with Crippen LogP contribution in [0.3, 0.4) is 0 Å². The highest BCUT2D eigenvalue weighted by molar-refractivity contribution is 5.83. The maximum atomic E-state index is 14.0. The van der Waals surface area contributed by atoms with E-state index in [2.05, 4.69) is 10.2 Å². The Morgan fingerprint density at radius 3 is 2.24 bits per heavy atom. The molecule has 1 aromatic carbocycles. The molecule has 0 spiro atoms. The molecule has 0 saturated heterocycles. The van der Waals surface area contributed by atoms with Gasteiger partial charge in [0.25, 0.3) is 0 Å². The van der Waals surface area contributed by atoms with Crippen LogP contribution in [-0.4, -0.2) is 50.2 Å². The largest absolute Gasteiger partial charge is 0.471 e. The van der Waals surface area contributed by atoms with Crippen molar-refractivity contribution in [3.63, 3.8) is 0 Å². The number of halogens is 9. The first-order valence-corrected chi connectivity index (χ1v) is 9.45. The molecule has 0 radical (unpaired) electrons. The highest BCUT2D eigenvalue weighted by atomic mass is 19.4. The van der Waals surface area contributed by atoms with Gasteiger partial charge in [-0.3, -0.25) is 9.59 Å². The fourth-order valence-electron chi connectivity index (χ4n) is 3.35. The number of hydrogen-bond acceptors (Lipinski definition) is 4. The lowest BCUT2D eigenvalue weighted by molar-refractivity contribution is -0.174. The molecule has 0 saturated carbocycles. The lowest BCUT2D eigenvalue weighted by Gasteiger charge is -2.30. The summed E-state index contributed by atoms with van der Waals surface area (Å²) in [5, 5.41) is 7.90. The lowest BCUT2D eigenvalue weighted by Crippen LogP contribution is -2.47. The topological polar surface area (TPSA) is 80.1 Å². The van der Waals surface area contributed by atoms with Crippen molar-refractivity contribution >= 4 is 11.8 Å². The molecule has 186 valence electrons. The van der Waals surface area contributed by atoms with Crippen molar-refractivity contribution in [2.24, 2.45) is 0 Å². The van der Waals surface area contributed by atoms with E-state index in [4.69, 9.17) is 0 Å². The first-order chi connectivity index (χ1) is 15.7. The summed E-state index contributed by atoms with van der Waals surface area (Å²) in [4.78, 5) is 25.0. The summed E-state index contributed by atoms with van der Waals surface area (Å²) in [6, 6.07) is -1.17. The van der Waals surface area contributed by atoms with Gasteiger partial charge in [-0.15, -0.1) is 10.2 Å². The number of carbonyl (C=O) groups excluding carboxylic acids is 2. The molecule has 16 heteroatoms. The number of carbonyl (C=O) groups is 2. The molecule has 34 heavy (non-hydrogen) atoms. The Bertz CT molecular complexity index is 1100. The van der Waals surface area contributed by atoms with Crippen LogP contribution in [-0.2, 0) is 35.3 Å². The van der Waals surface area contributed by atoms with Crippen LogP contribution >= 0.6 is 0 Å². The molecule has 0 bridgehead atoms. The van der Waals surface area contributed by atoms with Gasteiger partial charge >= 0.3 is 18.3 Å². The number of aromatic nitrogens is 3. The number of amides is 2. The fourth-order valence-corrected chi connectivity index (χ4v) is 3.35. The lowest BCUT2D eigenvalue weighted by atomic mass is 10.0. The fraction of sp³-hybridized carbons (Fsp3) is 0.444. The second kappa shape index (κ2) is 9.13. The molecule has 2 heterocycles. The van der Waals surface area contributed by atoms with E-state index >= 15 is 0 Å².